The van der Waals surface area contributed by atoms with E-state index in [0.29, 0.717) is 18.0 Å². The van der Waals surface area contributed by atoms with Crippen LogP contribution in [0, 0.1) is 11.7 Å². The lowest BCUT2D eigenvalue weighted by Gasteiger charge is -2.27. The van der Waals surface area contributed by atoms with Crippen molar-refractivity contribution in [3.63, 3.8) is 0 Å². The van der Waals surface area contributed by atoms with E-state index in [9.17, 15) is 4.39 Å². The van der Waals surface area contributed by atoms with Crippen LogP contribution in [0.4, 0.5) is 4.39 Å². The Hall–Kier alpha value is -0.930. The molecule has 0 amide bonds. The number of nitrogens with one attached hydrogen (secondary N) is 1. The minimum atomic E-state index is -0.166. The maximum atomic E-state index is 13.1. The number of rotatable bonds is 7. The van der Waals surface area contributed by atoms with Crippen molar-refractivity contribution in [2.45, 2.75) is 51.6 Å². The van der Waals surface area contributed by atoms with Crippen LogP contribution in [0.2, 0.25) is 0 Å². The molecule has 0 radical (unpaired) electrons. The van der Waals surface area contributed by atoms with Gasteiger partial charge in [-0.05, 0) is 43.4 Å². The Bertz CT molecular complexity index is 386. The van der Waals surface area contributed by atoms with E-state index < -0.39 is 0 Å². The number of hydrogen-bond donors (Lipinski definition) is 1. The third-order valence-corrected chi connectivity index (χ3v) is 4.25. The van der Waals surface area contributed by atoms with Crippen LogP contribution in [-0.4, -0.2) is 19.3 Å². The molecule has 20 heavy (non-hydrogen) atoms. The quantitative estimate of drug-likeness (QED) is 0.812. The average molecular weight is 279 g/mol. The monoisotopic (exact) mass is 279 g/mol. The molecule has 3 unspecified atom stereocenters. The van der Waals surface area contributed by atoms with Gasteiger partial charge in [0.25, 0.3) is 0 Å². The summed E-state index contributed by atoms with van der Waals surface area (Å²) < 4.78 is 18.5. The molecule has 1 aromatic rings. The van der Waals surface area contributed by atoms with Crippen molar-refractivity contribution in [2.75, 3.05) is 13.2 Å². The smallest absolute Gasteiger partial charge is 0.123 e. The molecule has 1 aliphatic rings. The van der Waals surface area contributed by atoms with Gasteiger partial charge in [0.15, 0.2) is 0 Å². The summed E-state index contributed by atoms with van der Waals surface area (Å²) in [6.45, 7) is 6.18. The molecule has 0 spiro atoms. The van der Waals surface area contributed by atoms with Crippen LogP contribution in [-0.2, 0) is 4.74 Å². The number of hydrogen-bond acceptors (Lipinski definition) is 2. The number of benzene rings is 1. The lowest BCUT2D eigenvalue weighted by Crippen LogP contribution is -2.36. The normalized spacial score (nSPS) is 21.9. The summed E-state index contributed by atoms with van der Waals surface area (Å²) in [7, 11) is 0. The summed E-state index contributed by atoms with van der Waals surface area (Å²) in [4.78, 5) is 0. The summed E-state index contributed by atoms with van der Waals surface area (Å²) in [6.07, 6.45) is 4.60. The summed E-state index contributed by atoms with van der Waals surface area (Å²) in [5.41, 5.74) is 1.19. The molecule has 3 atom stereocenters. The summed E-state index contributed by atoms with van der Waals surface area (Å²) in [5, 5.41) is 3.73. The van der Waals surface area contributed by atoms with E-state index in [-0.39, 0.29) is 5.82 Å². The van der Waals surface area contributed by atoms with Crippen LogP contribution in [0.5, 0.6) is 0 Å². The third-order valence-electron chi connectivity index (χ3n) is 4.25. The van der Waals surface area contributed by atoms with Gasteiger partial charge in [-0.1, -0.05) is 31.9 Å². The maximum absolute atomic E-state index is 13.1. The second-order valence-electron chi connectivity index (χ2n) is 5.83. The van der Waals surface area contributed by atoms with Gasteiger partial charge in [-0.15, -0.1) is 0 Å². The highest BCUT2D eigenvalue weighted by molar-refractivity contribution is 5.20. The van der Waals surface area contributed by atoms with Gasteiger partial charge in [-0.3, -0.25) is 0 Å². The SMILES string of the molecule is CCCCC(NC(C)C1CCOC1)c1ccc(F)cc1. The predicted octanol–water partition coefficient (Wildman–Crippen LogP) is 4.07. The molecule has 112 valence electrons. The highest BCUT2D eigenvalue weighted by atomic mass is 19.1. The van der Waals surface area contributed by atoms with E-state index in [1.165, 1.54) is 18.4 Å². The molecule has 3 heteroatoms. The zero-order chi connectivity index (χ0) is 14.4. The van der Waals surface area contributed by atoms with Crippen LogP contribution < -0.4 is 5.32 Å². The van der Waals surface area contributed by atoms with Gasteiger partial charge < -0.3 is 10.1 Å². The first kappa shape index (κ1) is 15.5. The average Bonchev–Trinajstić information content (AvgIpc) is 2.98. The maximum Gasteiger partial charge on any atom is 0.123 e. The fourth-order valence-electron chi connectivity index (χ4n) is 2.85. The standard InChI is InChI=1S/C17H26FNO/c1-3-4-5-17(14-6-8-16(18)9-7-14)19-13(2)15-10-11-20-12-15/h6-9,13,15,17,19H,3-5,10-12H2,1-2H3. The minimum Gasteiger partial charge on any atom is -0.381 e. The van der Waals surface area contributed by atoms with Crippen LogP contribution >= 0.6 is 0 Å². The molecule has 1 N–H and O–H groups in total. The number of unbranched alkanes of at least 4 members (excludes halogenated alkanes) is 1. The van der Waals surface area contributed by atoms with Crippen molar-refractivity contribution in [3.05, 3.63) is 35.6 Å². The molecule has 1 aromatic carbocycles. The molecular weight excluding hydrogens is 253 g/mol. The van der Waals surface area contributed by atoms with Crippen LogP contribution in [0.1, 0.15) is 51.1 Å². The van der Waals surface area contributed by atoms with E-state index in [1.807, 2.05) is 12.1 Å². The number of ether oxygens (including phenoxy) is 1. The Balaban J connectivity index is 2.00. The van der Waals surface area contributed by atoms with Gasteiger partial charge in [-0.2, -0.15) is 0 Å². The first-order chi connectivity index (χ1) is 9.70. The molecule has 1 saturated heterocycles. The highest BCUT2D eigenvalue weighted by Gasteiger charge is 2.24. The molecule has 0 aromatic heterocycles. The first-order valence-electron chi connectivity index (χ1n) is 7.80. The predicted molar refractivity (Wildman–Crippen MR) is 80.2 cm³/mol. The summed E-state index contributed by atoms with van der Waals surface area (Å²) >= 11 is 0. The first-order valence-corrected chi connectivity index (χ1v) is 7.80. The van der Waals surface area contributed by atoms with Gasteiger partial charge in [0.2, 0.25) is 0 Å². The Morgan fingerprint density at radius 1 is 1.35 bits per heavy atom. The van der Waals surface area contributed by atoms with E-state index in [2.05, 4.69) is 19.2 Å². The molecule has 0 aliphatic carbocycles. The molecule has 2 nitrogen and oxygen atoms in total. The van der Waals surface area contributed by atoms with Crippen molar-refractivity contribution >= 4 is 0 Å². The van der Waals surface area contributed by atoms with E-state index in [0.717, 1.165) is 26.1 Å². The van der Waals surface area contributed by atoms with Crippen molar-refractivity contribution in [1.29, 1.82) is 0 Å². The van der Waals surface area contributed by atoms with Gasteiger partial charge >= 0.3 is 0 Å². The molecule has 0 saturated carbocycles. The Labute approximate surface area is 121 Å². The zero-order valence-electron chi connectivity index (χ0n) is 12.6. The lowest BCUT2D eigenvalue weighted by molar-refractivity contribution is 0.176. The van der Waals surface area contributed by atoms with Crippen LogP contribution in [0.15, 0.2) is 24.3 Å². The second kappa shape index (κ2) is 7.75. The third kappa shape index (κ3) is 4.29. The molecule has 0 bridgehead atoms. The van der Waals surface area contributed by atoms with Gasteiger partial charge in [-0.25, -0.2) is 4.39 Å². The Morgan fingerprint density at radius 3 is 2.70 bits per heavy atom. The summed E-state index contributed by atoms with van der Waals surface area (Å²) in [5.74, 6) is 0.430. The topological polar surface area (TPSA) is 21.3 Å². The molecule has 1 fully saturated rings. The number of halogens is 1. The molecule has 1 aliphatic heterocycles. The largest absolute Gasteiger partial charge is 0.381 e. The van der Waals surface area contributed by atoms with Crippen molar-refractivity contribution in [1.82, 2.24) is 5.32 Å². The van der Waals surface area contributed by atoms with Crippen molar-refractivity contribution in [2.24, 2.45) is 5.92 Å². The summed E-state index contributed by atoms with van der Waals surface area (Å²) in [6, 6.07) is 7.66. The Kier molecular flexibility index (Phi) is 5.99. The molecule has 1 heterocycles. The van der Waals surface area contributed by atoms with Crippen LogP contribution in [0.25, 0.3) is 0 Å². The lowest BCUT2D eigenvalue weighted by atomic mass is 9.95. The van der Waals surface area contributed by atoms with Gasteiger partial charge in [0.05, 0.1) is 6.61 Å². The molecular formula is C17H26FNO. The second-order valence-corrected chi connectivity index (χ2v) is 5.83. The fraction of sp³-hybridized carbons (Fsp3) is 0.647. The molecule has 2 rings (SSSR count). The highest BCUT2D eigenvalue weighted by Crippen LogP contribution is 2.24. The van der Waals surface area contributed by atoms with Crippen molar-refractivity contribution in [3.8, 4) is 0 Å². The fourth-order valence-corrected chi connectivity index (χ4v) is 2.85. The Morgan fingerprint density at radius 2 is 2.10 bits per heavy atom. The van der Waals surface area contributed by atoms with Crippen molar-refractivity contribution < 1.29 is 9.13 Å². The van der Waals surface area contributed by atoms with Gasteiger partial charge in [0, 0.05) is 18.7 Å². The minimum absolute atomic E-state index is 0.166. The van der Waals surface area contributed by atoms with Gasteiger partial charge in [0.1, 0.15) is 5.82 Å². The zero-order valence-corrected chi connectivity index (χ0v) is 12.6. The van der Waals surface area contributed by atoms with E-state index in [4.69, 9.17) is 4.74 Å². The van der Waals surface area contributed by atoms with E-state index >= 15 is 0 Å². The van der Waals surface area contributed by atoms with Crippen LogP contribution in [0.3, 0.4) is 0 Å². The van der Waals surface area contributed by atoms with E-state index in [1.54, 1.807) is 12.1 Å².